The van der Waals surface area contributed by atoms with Crippen LogP contribution >= 0.6 is 24.0 Å². The van der Waals surface area contributed by atoms with Crippen LogP contribution in [0.2, 0.25) is 0 Å². The molecule has 1 saturated heterocycles. The van der Waals surface area contributed by atoms with Crippen LogP contribution in [-0.2, 0) is 6.54 Å². The standard InChI is InChI=1S/C16H23F3N4O.HI/c1-20-15(22-11-13-7-5-9-23(13)2)21-10-12-6-3-4-8-14(12)24-16(17,18)19;/h3-4,6,8,13H,5,7,9-11H2,1-2H3,(H2,20,21,22);1H. The van der Waals surface area contributed by atoms with Gasteiger partial charge in [-0.3, -0.25) is 4.99 Å². The van der Waals surface area contributed by atoms with Gasteiger partial charge in [0.1, 0.15) is 5.75 Å². The third-order valence-corrected chi connectivity index (χ3v) is 4.04. The van der Waals surface area contributed by atoms with E-state index < -0.39 is 6.36 Å². The van der Waals surface area contributed by atoms with Gasteiger partial charge in [0.25, 0.3) is 0 Å². The summed E-state index contributed by atoms with van der Waals surface area (Å²) in [6, 6.07) is 6.52. The van der Waals surface area contributed by atoms with Crippen molar-refractivity contribution in [2.45, 2.75) is 31.8 Å². The first kappa shape index (κ1) is 21.8. The number of likely N-dealkylation sites (tertiary alicyclic amines) is 1. The molecular weight excluding hydrogens is 448 g/mol. The predicted molar refractivity (Wildman–Crippen MR) is 102 cm³/mol. The molecule has 1 aliphatic heterocycles. The van der Waals surface area contributed by atoms with Crippen molar-refractivity contribution >= 4 is 29.9 Å². The van der Waals surface area contributed by atoms with Crippen molar-refractivity contribution in [3.05, 3.63) is 29.8 Å². The Bertz CT molecular complexity index is 569. The number of hydrogen-bond donors (Lipinski definition) is 2. The highest BCUT2D eigenvalue weighted by molar-refractivity contribution is 14.0. The third kappa shape index (κ3) is 7.27. The van der Waals surface area contributed by atoms with E-state index in [4.69, 9.17) is 0 Å². The van der Waals surface area contributed by atoms with Gasteiger partial charge in [0.15, 0.2) is 5.96 Å². The molecule has 1 heterocycles. The summed E-state index contributed by atoms with van der Waals surface area (Å²) in [6.07, 6.45) is -2.40. The van der Waals surface area contributed by atoms with E-state index in [2.05, 4.69) is 32.3 Å². The minimum Gasteiger partial charge on any atom is -0.405 e. The summed E-state index contributed by atoms with van der Waals surface area (Å²) in [6.45, 7) is 2.02. The van der Waals surface area contributed by atoms with Crippen LogP contribution < -0.4 is 15.4 Å². The Kier molecular flexibility index (Phi) is 8.77. The molecule has 0 aliphatic carbocycles. The number of nitrogens with one attached hydrogen (secondary N) is 2. The fourth-order valence-electron chi connectivity index (χ4n) is 2.73. The van der Waals surface area contributed by atoms with Gasteiger partial charge in [0, 0.05) is 31.7 Å². The van der Waals surface area contributed by atoms with Gasteiger partial charge in [-0.25, -0.2) is 0 Å². The summed E-state index contributed by atoms with van der Waals surface area (Å²) >= 11 is 0. The normalized spacial score (nSPS) is 18.6. The number of halogens is 4. The fourth-order valence-corrected chi connectivity index (χ4v) is 2.73. The Hall–Kier alpha value is -1.23. The average Bonchev–Trinajstić information content (AvgIpc) is 2.93. The first-order chi connectivity index (χ1) is 11.4. The quantitative estimate of drug-likeness (QED) is 0.393. The number of guanidine groups is 1. The molecule has 1 fully saturated rings. The van der Waals surface area contributed by atoms with E-state index in [1.807, 2.05) is 0 Å². The average molecular weight is 472 g/mol. The summed E-state index contributed by atoms with van der Waals surface area (Å²) in [4.78, 5) is 6.39. The largest absolute Gasteiger partial charge is 0.573 e. The number of aliphatic imine (C=N–C) groups is 1. The molecule has 0 spiro atoms. The molecule has 1 aromatic carbocycles. The first-order valence-electron chi connectivity index (χ1n) is 7.87. The van der Waals surface area contributed by atoms with Crippen molar-refractivity contribution in [1.29, 1.82) is 0 Å². The van der Waals surface area contributed by atoms with E-state index in [1.54, 1.807) is 19.2 Å². The molecule has 1 aliphatic rings. The zero-order valence-electron chi connectivity index (χ0n) is 14.3. The van der Waals surface area contributed by atoms with Gasteiger partial charge in [0.2, 0.25) is 0 Å². The van der Waals surface area contributed by atoms with Crippen LogP contribution in [0.25, 0.3) is 0 Å². The van der Waals surface area contributed by atoms with Gasteiger partial charge in [-0.15, -0.1) is 37.1 Å². The molecule has 0 saturated carbocycles. The number of nitrogens with zero attached hydrogens (tertiary/aromatic N) is 2. The van der Waals surface area contributed by atoms with Crippen molar-refractivity contribution in [1.82, 2.24) is 15.5 Å². The van der Waals surface area contributed by atoms with Crippen molar-refractivity contribution in [3.8, 4) is 5.75 Å². The predicted octanol–water partition coefficient (Wildman–Crippen LogP) is 2.96. The van der Waals surface area contributed by atoms with Crippen LogP contribution in [-0.4, -0.2) is 50.4 Å². The van der Waals surface area contributed by atoms with E-state index in [0.717, 1.165) is 19.5 Å². The number of hydrogen-bond acceptors (Lipinski definition) is 3. The van der Waals surface area contributed by atoms with Crippen LogP contribution in [0, 0.1) is 0 Å². The number of para-hydroxylation sites is 1. The molecule has 2 N–H and O–H groups in total. The highest BCUT2D eigenvalue weighted by Gasteiger charge is 2.32. The lowest BCUT2D eigenvalue weighted by Crippen LogP contribution is -2.43. The Morgan fingerprint density at radius 2 is 2.04 bits per heavy atom. The lowest BCUT2D eigenvalue weighted by molar-refractivity contribution is -0.274. The lowest BCUT2D eigenvalue weighted by Gasteiger charge is -2.21. The van der Waals surface area contributed by atoms with Gasteiger partial charge < -0.3 is 20.3 Å². The molecule has 1 unspecified atom stereocenters. The van der Waals surface area contributed by atoms with Gasteiger partial charge in [-0.1, -0.05) is 18.2 Å². The molecule has 142 valence electrons. The molecule has 0 amide bonds. The van der Waals surface area contributed by atoms with E-state index in [0.29, 0.717) is 17.6 Å². The van der Waals surface area contributed by atoms with E-state index in [9.17, 15) is 13.2 Å². The molecule has 0 radical (unpaired) electrons. The Morgan fingerprint density at radius 1 is 1.32 bits per heavy atom. The lowest BCUT2D eigenvalue weighted by atomic mass is 10.2. The Labute approximate surface area is 163 Å². The summed E-state index contributed by atoms with van der Waals surface area (Å²) in [7, 11) is 3.71. The maximum Gasteiger partial charge on any atom is 0.573 e. The topological polar surface area (TPSA) is 48.9 Å². The second kappa shape index (κ2) is 10.0. The van der Waals surface area contributed by atoms with Crippen LogP contribution in [0.3, 0.4) is 0 Å². The second-order valence-corrected chi connectivity index (χ2v) is 5.74. The number of alkyl halides is 3. The highest BCUT2D eigenvalue weighted by Crippen LogP contribution is 2.26. The summed E-state index contributed by atoms with van der Waals surface area (Å²) < 4.78 is 41.3. The van der Waals surface area contributed by atoms with E-state index in [1.165, 1.54) is 18.6 Å². The van der Waals surface area contributed by atoms with Crippen molar-refractivity contribution in [3.63, 3.8) is 0 Å². The first-order valence-corrected chi connectivity index (χ1v) is 7.87. The molecular formula is C16H24F3IN4O. The fraction of sp³-hybridized carbons (Fsp3) is 0.562. The van der Waals surface area contributed by atoms with E-state index in [-0.39, 0.29) is 36.3 Å². The van der Waals surface area contributed by atoms with Crippen molar-refractivity contribution < 1.29 is 17.9 Å². The SMILES string of the molecule is CN=C(NCc1ccccc1OC(F)(F)F)NCC1CCCN1C.I. The molecule has 2 rings (SSSR count). The number of rotatable bonds is 5. The monoisotopic (exact) mass is 472 g/mol. The minimum atomic E-state index is -4.71. The van der Waals surface area contributed by atoms with Crippen LogP contribution in [0.4, 0.5) is 13.2 Å². The van der Waals surface area contributed by atoms with Crippen molar-refractivity contribution in [2.24, 2.45) is 4.99 Å². The smallest absolute Gasteiger partial charge is 0.405 e. The summed E-state index contributed by atoms with van der Waals surface area (Å²) in [5.41, 5.74) is 0.413. The molecule has 0 bridgehead atoms. The summed E-state index contributed by atoms with van der Waals surface area (Å²) in [5.74, 6) is 0.348. The number of ether oxygens (including phenoxy) is 1. The minimum absolute atomic E-state index is 0. The van der Waals surface area contributed by atoms with Gasteiger partial charge in [0.05, 0.1) is 0 Å². The number of likely N-dealkylation sites (N-methyl/N-ethyl adjacent to an activating group) is 1. The maximum absolute atomic E-state index is 12.4. The molecule has 5 nitrogen and oxygen atoms in total. The third-order valence-electron chi connectivity index (χ3n) is 4.04. The Balaban J connectivity index is 0.00000312. The molecule has 1 aromatic rings. The van der Waals surface area contributed by atoms with Crippen LogP contribution in [0.1, 0.15) is 18.4 Å². The van der Waals surface area contributed by atoms with Crippen LogP contribution in [0.5, 0.6) is 5.75 Å². The van der Waals surface area contributed by atoms with Gasteiger partial charge in [-0.2, -0.15) is 0 Å². The second-order valence-electron chi connectivity index (χ2n) is 5.74. The van der Waals surface area contributed by atoms with Gasteiger partial charge >= 0.3 is 6.36 Å². The highest BCUT2D eigenvalue weighted by atomic mass is 127. The molecule has 9 heteroatoms. The maximum atomic E-state index is 12.4. The number of benzene rings is 1. The van der Waals surface area contributed by atoms with Gasteiger partial charge in [-0.05, 0) is 32.5 Å². The molecule has 25 heavy (non-hydrogen) atoms. The van der Waals surface area contributed by atoms with Crippen LogP contribution in [0.15, 0.2) is 29.3 Å². The zero-order valence-corrected chi connectivity index (χ0v) is 16.6. The van der Waals surface area contributed by atoms with Crippen molar-refractivity contribution in [2.75, 3.05) is 27.2 Å². The Morgan fingerprint density at radius 3 is 2.64 bits per heavy atom. The zero-order chi connectivity index (χ0) is 17.6. The molecule has 1 atom stereocenters. The summed E-state index contributed by atoms with van der Waals surface area (Å²) in [5, 5.41) is 6.24. The van der Waals surface area contributed by atoms with E-state index >= 15 is 0 Å². The molecule has 0 aromatic heterocycles.